The van der Waals surface area contributed by atoms with Gasteiger partial charge in [0.25, 0.3) is 0 Å². The number of ether oxygens (including phenoxy) is 3. The van der Waals surface area contributed by atoms with Crippen LogP contribution < -0.4 is 9.47 Å². The zero-order valence-electron chi connectivity index (χ0n) is 14.5. The van der Waals surface area contributed by atoms with Crippen LogP contribution in [-0.4, -0.2) is 25.2 Å². The summed E-state index contributed by atoms with van der Waals surface area (Å²) in [6.45, 7) is 4.98. The molecule has 0 radical (unpaired) electrons. The maximum absolute atomic E-state index is 12.1. The highest BCUT2D eigenvalue weighted by Gasteiger charge is 2.11. The van der Waals surface area contributed by atoms with E-state index in [0.717, 1.165) is 12.8 Å². The second kappa shape index (κ2) is 9.47. The first-order chi connectivity index (χ1) is 12.1. The second-order valence-corrected chi connectivity index (χ2v) is 5.42. The zero-order chi connectivity index (χ0) is 18.1. The van der Waals surface area contributed by atoms with E-state index in [4.69, 9.17) is 14.2 Å². The summed E-state index contributed by atoms with van der Waals surface area (Å²) in [5.41, 5.74) is 0.848. The minimum Gasteiger partial charge on any atom is -0.494 e. The van der Waals surface area contributed by atoms with Gasteiger partial charge in [0.05, 0.1) is 24.3 Å². The Morgan fingerprint density at radius 2 is 1.24 bits per heavy atom. The summed E-state index contributed by atoms with van der Waals surface area (Å²) >= 11 is 0. The lowest BCUT2D eigenvalue weighted by atomic mass is 10.2. The van der Waals surface area contributed by atoms with E-state index in [0.29, 0.717) is 35.8 Å². The van der Waals surface area contributed by atoms with Crippen LogP contribution >= 0.6 is 0 Å². The largest absolute Gasteiger partial charge is 0.494 e. The first-order valence-electron chi connectivity index (χ1n) is 8.36. The van der Waals surface area contributed by atoms with Gasteiger partial charge in [0.1, 0.15) is 11.5 Å². The lowest BCUT2D eigenvalue weighted by Crippen LogP contribution is -2.09. The summed E-state index contributed by atoms with van der Waals surface area (Å²) < 4.78 is 15.8. The molecule has 132 valence electrons. The Hall–Kier alpha value is -2.82. The van der Waals surface area contributed by atoms with Crippen LogP contribution in [-0.2, 0) is 4.74 Å². The van der Waals surface area contributed by atoms with Gasteiger partial charge in [-0.1, -0.05) is 13.8 Å². The van der Waals surface area contributed by atoms with Crippen molar-refractivity contribution in [3.8, 4) is 11.5 Å². The van der Waals surface area contributed by atoms with Crippen molar-refractivity contribution in [2.24, 2.45) is 0 Å². The number of hydrogen-bond donors (Lipinski definition) is 0. The zero-order valence-corrected chi connectivity index (χ0v) is 14.5. The summed E-state index contributed by atoms with van der Waals surface area (Å²) in [5, 5.41) is 0. The van der Waals surface area contributed by atoms with Crippen LogP contribution in [0.25, 0.3) is 0 Å². The molecule has 2 aromatic rings. The fraction of sp³-hybridized carbons (Fsp3) is 0.300. The molecule has 0 aromatic heterocycles. The molecule has 0 aliphatic heterocycles. The molecule has 0 heterocycles. The standard InChI is InChI=1S/C20H22O5/c1-3-13-23-17-9-5-16(6-10-17)20(22)25-18-11-7-15(8-12-18)19(21)24-14-4-2/h5-12H,3-4,13-14H2,1-2H3. The van der Waals surface area contributed by atoms with Crippen molar-refractivity contribution < 1.29 is 23.8 Å². The van der Waals surface area contributed by atoms with E-state index >= 15 is 0 Å². The molecule has 0 aliphatic rings. The number of rotatable bonds is 8. The number of carbonyl (C=O) groups excluding carboxylic acids is 2. The Morgan fingerprint density at radius 3 is 1.80 bits per heavy atom. The van der Waals surface area contributed by atoms with Crippen molar-refractivity contribution in [3.63, 3.8) is 0 Å². The van der Waals surface area contributed by atoms with Crippen LogP contribution in [0, 0.1) is 0 Å². The molecule has 0 spiro atoms. The lowest BCUT2D eigenvalue weighted by Gasteiger charge is -2.07. The normalized spacial score (nSPS) is 10.2. The molecule has 0 unspecified atom stereocenters. The molecule has 0 saturated heterocycles. The average molecular weight is 342 g/mol. The van der Waals surface area contributed by atoms with Crippen molar-refractivity contribution in [2.75, 3.05) is 13.2 Å². The van der Waals surface area contributed by atoms with Gasteiger partial charge in [0.15, 0.2) is 0 Å². The highest BCUT2D eigenvalue weighted by molar-refractivity contribution is 5.92. The molecule has 25 heavy (non-hydrogen) atoms. The molecule has 0 bridgehead atoms. The monoisotopic (exact) mass is 342 g/mol. The third-order valence-corrected chi connectivity index (χ3v) is 3.30. The van der Waals surface area contributed by atoms with E-state index < -0.39 is 5.97 Å². The lowest BCUT2D eigenvalue weighted by molar-refractivity contribution is 0.0505. The SMILES string of the molecule is CCCOC(=O)c1ccc(OC(=O)c2ccc(OCCC)cc2)cc1. The molecular weight excluding hydrogens is 320 g/mol. The molecule has 0 amide bonds. The molecule has 5 heteroatoms. The minimum absolute atomic E-state index is 0.364. The van der Waals surface area contributed by atoms with Crippen LogP contribution in [0.2, 0.25) is 0 Å². The molecule has 2 rings (SSSR count). The fourth-order valence-corrected chi connectivity index (χ4v) is 2.01. The smallest absolute Gasteiger partial charge is 0.343 e. The first-order valence-corrected chi connectivity index (χ1v) is 8.36. The molecule has 5 nitrogen and oxygen atoms in total. The summed E-state index contributed by atoms with van der Waals surface area (Å²) in [6, 6.07) is 13.1. The van der Waals surface area contributed by atoms with Crippen LogP contribution in [0.3, 0.4) is 0 Å². The first kappa shape index (κ1) is 18.5. The van der Waals surface area contributed by atoms with Gasteiger partial charge in [0, 0.05) is 0 Å². The van der Waals surface area contributed by atoms with Gasteiger partial charge >= 0.3 is 11.9 Å². The molecule has 0 N–H and O–H groups in total. The van der Waals surface area contributed by atoms with Gasteiger partial charge in [0.2, 0.25) is 0 Å². The summed E-state index contributed by atoms with van der Waals surface area (Å²) in [5.74, 6) is 0.224. The van der Waals surface area contributed by atoms with Crippen LogP contribution in [0.5, 0.6) is 11.5 Å². The third kappa shape index (κ3) is 5.64. The Morgan fingerprint density at radius 1 is 0.720 bits per heavy atom. The molecule has 2 aromatic carbocycles. The van der Waals surface area contributed by atoms with Crippen LogP contribution in [0.4, 0.5) is 0 Å². The number of hydrogen-bond acceptors (Lipinski definition) is 5. The second-order valence-electron chi connectivity index (χ2n) is 5.42. The van der Waals surface area contributed by atoms with Crippen molar-refractivity contribution in [1.29, 1.82) is 0 Å². The van der Waals surface area contributed by atoms with E-state index in [9.17, 15) is 9.59 Å². The Kier molecular flexibility index (Phi) is 7.01. The summed E-state index contributed by atoms with van der Waals surface area (Å²) in [7, 11) is 0. The van der Waals surface area contributed by atoms with Crippen LogP contribution in [0.15, 0.2) is 48.5 Å². The third-order valence-electron chi connectivity index (χ3n) is 3.30. The minimum atomic E-state index is -0.469. The molecular formula is C20H22O5. The molecule has 0 fully saturated rings. The summed E-state index contributed by atoms with van der Waals surface area (Å²) in [4.78, 5) is 23.9. The van der Waals surface area contributed by atoms with E-state index in [1.807, 2.05) is 13.8 Å². The van der Waals surface area contributed by atoms with Gasteiger partial charge in [-0.3, -0.25) is 0 Å². The van der Waals surface area contributed by atoms with E-state index in [-0.39, 0.29) is 5.97 Å². The van der Waals surface area contributed by atoms with Crippen LogP contribution in [0.1, 0.15) is 47.4 Å². The number of benzene rings is 2. The summed E-state index contributed by atoms with van der Waals surface area (Å²) in [6.07, 6.45) is 1.69. The molecule has 0 aliphatic carbocycles. The van der Waals surface area contributed by atoms with E-state index in [1.165, 1.54) is 0 Å². The Labute approximate surface area is 147 Å². The molecule has 0 saturated carbocycles. The number of carbonyl (C=O) groups is 2. The predicted molar refractivity (Wildman–Crippen MR) is 94.2 cm³/mol. The van der Waals surface area contributed by atoms with Crippen molar-refractivity contribution in [1.82, 2.24) is 0 Å². The van der Waals surface area contributed by atoms with Gasteiger partial charge < -0.3 is 14.2 Å². The van der Waals surface area contributed by atoms with Crippen molar-refractivity contribution >= 4 is 11.9 Å². The Bertz CT molecular complexity index is 689. The van der Waals surface area contributed by atoms with Gasteiger partial charge in [-0.05, 0) is 61.4 Å². The highest BCUT2D eigenvalue weighted by Crippen LogP contribution is 2.17. The van der Waals surface area contributed by atoms with Gasteiger partial charge in [-0.25, -0.2) is 9.59 Å². The van der Waals surface area contributed by atoms with E-state index in [1.54, 1.807) is 48.5 Å². The highest BCUT2D eigenvalue weighted by atomic mass is 16.5. The van der Waals surface area contributed by atoms with E-state index in [2.05, 4.69) is 0 Å². The predicted octanol–water partition coefficient (Wildman–Crippen LogP) is 4.26. The molecule has 0 atom stereocenters. The Balaban J connectivity index is 1.94. The fourth-order valence-electron chi connectivity index (χ4n) is 2.01. The topological polar surface area (TPSA) is 61.8 Å². The van der Waals surface area contributed by atoms with Gasteiger partial charge in [-0.15, -0.1) is 0 Å². The van der Waals surface area contributed by atoms with Gasteiger partial charge in [-0.2, -0.15) is 0 Å². The maximum Gasteiger partial charge on any atom is 0.343 e. The average Bonchev–Trinajstić information content (AvgIpc) is 2.65. The van der Waals surface area contributed by atoms with Crippen molar-refractivity contribution in [2.45, 2.75) is 26.7 Å². The maximum atomic E-state index is 12.1. The van der Waals surface area contributed by atoms with Crippen molar-refractivity contribution in [3.05, 3.63) is 59.7 Å². The number of esters is 2. The quantitative estimate of drug-likeness (QED) is 0.530.